The van der Waals surface area contributed by atoms with E-state index in [0.29, 0.717) is 26.1 Å². The minimum absolute atomic E-state index is 0.407. The van der Waals surface area contributed by atoms with E-state index in [2.05, 4.69) is 10.9 Å². The van der Waals surface area contributed by atoms with E-state index in [9.17, 15) is 14.4 Å². The summed E-state index contributed by atoms with van der Waals surface area (Å²) >= 11 is 0. The van der Waals surface area contributed by atoms with Gasteiger partial charge >= 0.3 is 11.8 Å². The number of carbonyl (C=O) groups excluding carboxylic acids is 3. The molecule has 2 fully saturated rings. The number of nitrogens with one attached hydrogen (secondary N) is 2. The first-order valence-electron chi connectivity index (χ1n) is 6.19. The minimum atomic E-state index is -0.803. The van der Waals surface area contributed by atoms with Crippen LogP contribution in [0.25, 0.3) is 0 Å². The van der Waals surface area contributed by atoms with Gasteiger partial charge in [-0.3, -0.25) is 25.2 Å². The van der Waals surface area contributed by atoms with Gasteiger partial charge < -0.3 is 9.64 Å². The van der Waals surface area contributed by atoms with E-state index in [-0.39, 0.29) is 0 Å². The Balaban J connectivity index is 1.73. The van der Waals surface area contributed by atoms with Crippen LogP contribution in [0.3, 0.4) is 0 Å². The normalized spacial score (nSPS) is 22.9. The SMILES string of the molecule is O=C(NNC(=O)[C@@H]1CCCO1)C(=O)N1CCCC1. The highest BCUT2D eigenvalue weighted by molar-refractivity contribution is 6.35. The number of rotatable bonds is 1. The van der Waals surface area contributed by atoms with Crippen LogP contribution >= 0.6 is 0 Å². The van der Waals surface area contributed by atoms with Crippen molar-refractivity contribution in [3.05, 3.63) is 0 Å². The van der Waals surface area contributed by atoms with Crippen LogP contribution in [0.2, 0.25) is 0 Å². The van der Waals surface area contributed by atoms with Gasteiger partial charge in [-0.2, -0.15) is 0 Å². The maximum Gasteiger partial charge on any atom is 0.327 e. The van der Waals surface area contributed by atoms with Crippen molar-refractivity contribution in [2.75, 3.05) is 19.7 Å². The van der Waals surface area contributed by atoms with Crippen molar-refractivity contribution in [3.63, 3.8) is 0 Å². The summed E-state index contributed by atoms with van der Waals surface area (Å²) in [5.74, 6) is -1.81. The largest absolute Gasteiger partial charge is 0.368 e. The smallest absolute Gasteiger partial charge is 0.327 e. The number of hydrogen-bond donors (Lipinski definition) is 2. The summed E-state index contributed by atoms with van der Waals surface area (Å²) < 4.78 is 5.15. The van der Waals surface area contributed by atoms with Crippen LogP contribution in [-0.4, -0.2) is 48.4 Å². The van der Waals surface area contributed by atoms with E-state index in [4.69, 9.17) is 4.74 Å². The van der Waals surface area contributed by atoms with E-state index in [1.165, 1.54) is 4.90 Å². The lowest BCUT2D eigenvalue weighted by Gasteiger charge is -2.15. The van der Waals surface area contributed by atoms with Gasteiger partial charge in [0, 0.05) is 19.7 Å². The maximum absolute atomic E-state index is 11.6. The summed E-state index contributed by atoms with van der Waals surface area (Å²) in [5.41, 5.74) is 4.34. The molecule has 1 atom stereocenters. The average Bonchev–Trinajstić information content (AvgIpc) is 3.05. The number of amides is 3. The standard InChI is InChI=1S/C11H17N3O4/c15-9(8-4-3-7-18-8)12-13-10(16)11(17)14-5-1-2-6-14/h8H,1-7H2,(H,12,15)(H,13,16)/t8-/m0/s1. The first-order chi connectivity index (χ1) is 8.68. The van der Waals surface area contributed by atoms with E-state index in [1.807, 2.05) is 0 Å². The molecule has 0 radical (unpaired) electrons. The molecular weight excluding hydrogens is 238 g/mol. The van der Waals surface area contributed by atoms with E-state index >= 15 is 0 Å². The third-order valence-corrected chi connectivity index (χ3v) is 3.11. The fourth-order valence-corrected chi connectivity index (χ4v) is 2.10. The molecule has 0 aliphatic carbocycles. The van der Waals surface area contributed by atoms with E-state index in [1.54, 1.807) is 0 Å². The number of likely N-dealkylation sites (tertiary alicyclic amines) is 1. The summed E-state index contributed by atoms with van der Waals surface area (Å²) in [6.07, 6.45) is 2.79. The van der Waals surface area contributed by atoms with Gasteiger partial charge in [0.1, 0.15) is 6.10 Å². The van der Waals surface area contributed by atoms with Crippen LogP contribution in [0.5, 0.6) is 0 Å². The first-order valence-corrected chi connectivity index (χ1v) is 6.19. The molecular formula is C11H17N3O4. The first kappa shape index (κ1) is 12.8. The van der Waals surface area contributed by atoms with Crippen molar-refractivity contribution >= 4 is 17.7 Å². The third-order valence-electron chi connectivity index (χ3n) is 3.11. The molecule has 0 unspecified atom stereocenters. The maximum atomic E-state index is 11.6. The molecule has 2 heterocycles. The van der Waals surface area contributed by atoms with Crippen LogP contribution in [0.4, 0.5) is 0 Å². The second-order valence-electron chi connectivity index (χ2n) is 4.44. The monoisotopic (exact) mass is 255 g/mol. The van der Waals surface area contributed by atoms with Crippen molar-refractivity contribution in [2.24, 2.45) is 0 Å². The molecule has 0 spiro atoms. The molecule has 0 aromatic heterocycles. The second kappa shape index (κ2) is 5.81. The molecule has 2 N–H and O–H groups in total. The van der Waals surface area contributed by atoms with Gasteiger partial charge in [0.2, 0.25) is 0 Å². The van der Waals surface area contributed by atoms with Crippen molar-refractivity contribution in [3.8, 4) is 0 Å². The zero-order valence-corrected chi connectivity index (χ0v) is 10.1. The Morgan fingerprint density at radius 3 is 2.39 bits per heavy atom. The van der Waals surface area contributed by atoms with Gasteiger partial charge in [0.15, 0.2) is 0 Å². The molecule has 0 aromatic carbocycles. The summed E-state index contributed by atoms with van der Waals surface area (Å²) in [6.45, 7) is 1.76. The van der Waals surface area contributed by atoms with Crippen molar-refractivity contribution < 1.29 is 19.1 Å². The molecule has 100 valence electrons. The summed E-state index contributed by atoms with van der Waals surface area (Å²) in [4.78, 5) is 36.1. The highest BCUT2D eigenvalue weighted by Crippen LogP contribution is 2.11. The van der Waals surface area contributed by atoms with Gasteiger partial charge in [-0.15, -0.1) is 0 Å². The molecule has 7 nitrogen and oxygen atoms in total. The van der Waals surface area contributed by atoms with Gasteiger partial charge in [-0.05, 0) is 25.7 Å². The predicted molar refractivity (Wildman–Crippen MR) is 61.1 cm³/mol. The number of hydrogen-bond acceptors (Lipinski definition) is 4. The summed E-state index contributed by atoms with van der Waals surface area (Å²) in [5, 5.41) is 0. The Kier molecular flexibility index (Phi) is 4.14. The quantitative estimate of drug-likeness (QED) is 0.461. The van der Waals surface area contributed by atoms with E-state index < -0.39 is 23.8 Å². The number of ether oxygens (including phenoxy) is 1. The van der Waals surface area contributed by atoms with E-state index in [0.717, 1.165) is 19.3 Å². The average molecular weight is 255 g/mol. The minimum Gasteiger partial charge on any atom is -0.368 e. The Labute approximate surface area is 105 Å². The molecule has 18 heavy (non-hydrogen) atoms. The lowest BCUT2D eigenvalue weighted by Crippen LogP contribution is -2.51. The zero-order valence-electron chi connectivity index (χ0n) is 10.1. The molecule has 7 heteroatoms. The zero-order chi connectivity index (χ0) is 13.0. The van der Waals surface area contributed by atoms with Crippen molar-refractivity contribution in [2.45, 2.75) is 31.8 Å². The fourth-order valence-electron chi connectivity index (χ4n) is 2.10. The Morgan fingerprint density at radius 2 is 1.78 bits per heavy atom. The molecule has 0 aromatic rings. The van der Waals surface area contributed by atoms with Crippen LogP contribution in [0, 0.1) is 0 Å². The Morgan fingerprint density at radius 1 is 1.06 bits per heavy atom. The number of nitrogens with zero attached hydrogens (tertiary/aromatic N) is 1. The van der Waals surface area contributed by atoms with Gasteiger partial charge in [-0.25, -0.2) is 0 Å². The fraction of sp³-hybridized carbons (Fsp3) is 0.727. The number of hydrazine groups is 1. The lowest BCUT2D eigenvalue weighted by molar-refractivity contribution is -0.147. The second-order valence-corrected chi connectivity index (χ2v) is 4.44. The molecule has 0 saturated carbocycles. The third kappa shape index (κ3) is 2.98. The Bertz CT molecular complexity index is 346. The lowest BCUT2D eigenvalue weighted by atomic mass is 10.2. The highest BCUT2D eigenvalue weighted by Gasteiger charge is 2.27. The molecule has 2 aliphatic rings. The molecule has 2 rings (SSSR count). The highest BCUT2D eigenvalue weighted by atomic mass is 16.5. The topological polar surface area (TPSA) is 87.7 Å². The predicted octanol–water partition coefficient (Wildman–Crippen LogP) is -1.06. The van der Waals surface area contributed by atoms with Crippen LogP contribution in [-0.2, 0) is 19.1 Å². The molecule has 0 bridgehead atoms. The Hall–Kier alpha value is -1.63. The molecule has 3 amide bonds. The van der Waals surface area contributed by atoms with Gasteiger partial charge in [-0.1, -0.05) is 0 Å². The van der Waals surface area contributed by atoms with Crippen molar-refractivity contribution in [1.29, 1.82) is 0 Å². The summed E-state index contributed by atoms with van der Waals surface area (Å²) in [6, 6.07) is 0. The van der Waals surface area contributed by atoms with Gasteiger partial charge in [0.25, 0.3) is 5.91 Å². The molecule has 2 saturated heterocycles. The molecule has 2 aliphatic heterocycles. The summed E-state index contributed by atoms with van der Waals surface area (Å²) in [7, 11) is 0. The van der Waals surface area contributed by atoms with Crippen LogP contribution in [0.15, 0.2) is 0 Å². The van der Waals surface area contributed by atoms with Crippen LogP contribution in [0.1, 0.15) is 25.7 Å². The van der Waals surface area contributed by atoms with Crippen LogP contribution < -0.4 is 10.9 Å². The van der Waals surface area contributed by atoms with Crippen molar-refractivity contribution in [1.82, 2.24) is 15.8 Å². The van der Waals surface area contributed by atoms with Gasteiger partial charge in [0.05, 0.1) is 0 Å². The number of carbonyl (C=O) groups is 3.